The van der Waals surface area contributed by atoms with Gasteiger partial charge in [0.25, 0.3) is 0 Å². The van der Waals surface area contributed by atoms with Gasteiger partial charge in [-0.25, -0.2) is 0 Å². The summed E-state index contributed by atoms with van der Waals surface area (Å²) < 4.78 is 35.6. The van der Waals surface area contributed by atoms with E-state index in [2.05, 4.69) is 9.99 Å². The van der Waals surface area contributed by atoms with E-state index in [9.17, 15) is 13.2 Å². The summed E-state index contributed by atoms with van der Waals surface area (Å²) in [6, 6.07) is 0. The summed E-state index contributed by atoms with van der Waals surface area (Å²) in [6.07, 6.45) is -5.52. The Kier molecular flexibility index (Phi) is 6.31. The van der Waals surface area contributed by atoms with Crippen LogP contribution >= 0.6 is 0 Å². The molecule has 1 N–H and O–H groups in total. The molecule has 0 rings (SSSR count). The molecule has 3 nitrogen and oxygen atoms in total. The zero-order chi connectivity index (χ0) is 11.9. The predicted molar refractivity (Wildman–Crippen MR) is 50.6 cm³/mol. The van der Waals surface area contributed by atoms with E-state index in [1.54, 1.807) is 6.92 Å². The molecule has 15 heavy (non-hydrogen) atoms. The van der Waals surface area contributed by atoms with Crippen LogP contribution in [0.4, 0.5) is 13.2 Å². The lowest BCUT2D eigenvalue weighted by molar-refractivity contribution is -0.205. The second-order valence-electron chi connectivity index (χ2n) is 3.31. The fourth-order valence-electron chi connectivity index (χ4n) is 1.08. The van der Waals surface area contributed by atoms with Gasteiger partial charge in [-0.15, -0.1) is 0 Å². The third kappa shape index (κ3) is 7.18. The van der Waals surface area contributed by atoms with Gasteiger partial charge < -0.3 is 9.94 Å². The van der Waals surface area contributed by atoms with E-state index >= 15 is 0 Å². The van der Waals surface area contributed by atoms with Crippen molar-refractivity contribution in [3.05, 3.63) is 0 Å². The van der Waals surface area contributed by atoms with Crippen LogP contribution in [0.1, 0.15) is 32.6 Å². The predicted octanol–water partition coefficient (Wildman–Crippen LogP) is 2.49. The number of rotatable bonds is 6. The molecule has 0 radical (unpaired) electrons. The SMILES string of the molecule is CO/N=C(/C)CCCC[C@H](O)C(F)(F)F. The normalized spacial score (nSPS) is 15.2. The maximum Gasteiger partial charge on any atom is 0.414 e. The average Bonchev–Trinajstić information content (AvgIpc) is 2.11. The molecule has 0 heterocycles. The zero-order valence-electron chi connectivity index (χ0n) is 8.84. The lowest BCUT2D eigenvalue weighted by Gasteiger charge is -2.13. The molecule has 90 valence electrons. The van der Waals surface area contributed by atoms with Crippen LogP contribution in [0.2, 0.25) is 0 Å². The van der Waals surface area contributed by atoms with Crippen LogP contribution < -0.4 is 0 Å². The molecule has 0 aromatic rings. The number of hydrogen-bond donors (Lipinski definition) is 1. The highest BCUT2D eigenvalue weighted by molar-refractivity contribution is 5.81. The standard InChI is InChI=1S/C9H16F3NO2/c1-7(13-15-2)5-3-4-6-8(14)9(10,11)12/h8,14H,3-6H2,1-2H3/b13-7-/t8-/m0/s1. The number of oxime groups is 1. The quantitative estimate of drug-likeness (QED) is 0.430. The first-order valence-corrected chi connectivity index (χ1v) is 4.69. The number of unbranched alkanes of at least 4 members (excludes halogenated alkanes) is 1. The van der Waals surface area contributed by atoms with Crippen molar-refractivity contribution in [2.45, 2.75) is 44.9 Å². The smallest absolute Gasteiger partial charge is 0.399 e. The molecule has 0 aromatic heterocycles. The fraction of sp³-hybridized carbons (Fsp3) is 0.889. The minimum Gasteiger partial charge on any atom is -0.399 e. The van der Waals surface area contributed by atoms with Gasteiger partial charge in [0.1, 0.15) is 13.2 Å². The molecule has 0 saturated carbocycles. The lowest BCUT2D eigenvalue weighted by Crippen LogP contribution is -2.28. The molecule has 0 unspecified atom stereocenters. The van der Waals surface area contributed by atoms with Crippen molar-refractivity contribution in [3.8, 4) is 0 Å². The molecule has 0 saturated heterocycles. The molecule has 6 heteroatoms. The maximum atomic E-state index is 11.9. The third-order valence-electron chi connectivity index (χ3n) is 1.89. The van der Waals surface area contributed by atoms with Crippen LogP contribution in [-0.2, 0) is 4.84 Å². The molecule has 0 fully saturated rings. The Labute approximate surface area is 86.9 Å². The van der Waals surface area contributed by atoms with Gasteiger partial charge in [0.05, 0.1) is 5.71 Å². The largest absolute Gasteiger partial charge is 0.414 e. The van der Waals surface area contributed by atoms with Gasteiger partial charge in [0.15, 0.2) is 0 Å². The van der Waals surface area contributed by atoms with Crippen LogP contribution in [0, 0.1) is 0 Å². The highest BCUT2D eigenvalue weighted by Crippen LogP contribution is 2.23. The molecule has 1 atom stereocenters. The van der Waals surface area contributed by atoms with E-state index in [1.807, 2.05) is 0 Å². The Bertz CT molecular complexity index is 204. The van der Waals surface area contributed by atoms with Crippen LogP contribution in [0.3, 0.4) is 0 Å². The second-order valence-corrected chi connectivity index (χ2v) is 3.31. The third-order valence-corrected chi connectivity index (χ3v) is 1.89. The minimum atomic E-state index is -4.50. The Morgan fingerprint density at radius 2 is 2.00 bits per heavy atom. The molecule has 0 aromatic carbocycles. The summed E-state index contributed by atoms with van der Waals surface area (Å²) in [5.74, 6) is 0. The van der Waals surface area contributed by atoms with Crippen LogP contribution in [0.25, 0.3) is 0 Å². The summed E-state index contributed by atoms with van der Waals surface area (Å²) in [6.45, 7) is 1.74. The van der Waals surface area contributed by atoms with Gasteiger partial charge in [0, 0.05) is 0 Å². The van der Waals surface area contributed by atoms with Crippen molar-refractivity contribution in [2.24, 2.45) is 5.16 Å². The van der Waals surface area contributed by atoms with Crippen molar-refractivity contribution in [3.63, 3.8) is 0 Å². The molecule has 0 amide bonds. The number of nitrogens with zero attached hydrogens (tertiary/aromatic N) is 1. The summed E-state index contributed by atoms with van der Waals surface area (Å²) in [5.41, 5.74) is 0.735. The lowest BCUT2D eigenvalue weighted by atomic mass is 10.1. The van der Waals surface area contributed by atoms with Crippen molar-refractivity contribution >= 4 is 5.71 Å². The monoisotopic (exact) mass is 227 g/mol. The Hall–Kier alpha value is -0.780. The topological polar surface area (TPSA) is 41.8 Å². The highest BCUT2D eigenvalue weighted by Gasteiger charge is 2.37. The molecular formula is C9H16F3NO2. The van der Waals surface area contributed by atoms with Crippen molar-refractivity contribution < 1.29 is 23.1 Å². The molecular weight excluding hydrogens is 211 g/mol. The molecule has 0 bridgehead atoms. The van der Waals surface area contributed by atoms with E-state index in [1.165, 1.54) is 7.11 Å². The van der Waals surface area contributed by atoms with Crippen LogP contribution in [-0.4, -0.2) is 30.2 Å². The average molecular weight is 227 g/mol. The van der Waals surface area contributed by atoms with E-state index in [-0.39, 0.29) is 6.42 Å². The number of hydrogen-bond acceptors (Lipinski definition) is 3. The van der Waals surface area contributed by atoms with Gasteiger partial charge in [-0.2, -0.15) is 13.2 Å². The van der Waals surface area contributed by atoms with E-state index in [4.69, 9.17) is 5.11 Å². The van der Waals surface area contributed by atoms with Crippen molar-refractivity contribution in [2.75, 3.05) is 7.11 Å². The number of halogens is 3. The van der Waals surface area contributed by atoms with Gasteiger partial charge in [-0.3, -0.25) is 0 Å². The van der Waals surface area contributed by atoms with E-state index in [0.29, 0.717) is 19.3 Å². The molecule has 0 aliphatic carbocycles. The summed E-state index contributed by atoms with van der Waals surface area (Å²) in [7, 11) is 1.41. The number of aliphatic hydroxyl groups is 1. The van der Waals surface area contributed by atoms with E-state index in [0.717, 1.165) is 5.71 Å². The first-order valence-electron chi connectivity index (χ1n) is 4.69. The number of aliphatic hydroxyl groups excluding tert-OH is 1. The van der Waals surface area contributed by atoms with Gasteiger partial charge >= 0.3 is 6.18 Å². The maximum absolute atomic E-state index is 11.9. The summed E-state index contributed by atoms with van der Waals surface area (Å²) in [4.78, 5) is 4.49. The van der Waals surface area contributed by atoms with Crippen molar-refractivity contribution in [1.29, 1.82) is 0 Å². The molecule has 0 aliphatic heterocycles. The minimum absolute atomic E-state index is 0.260. The van der Waals surface area contributed by atoms with Gasteiger partial charge in [0.2, 0.25) is 0 Å². The first kappa shape index (κ1) is 14.2. The highest BCUT2D eigenvalue weighted by atomic mass is 19.4. The Morgan fingerprint density at radius 3 is 2.47 bits per heavy atom. The molecule has 0 spiro atoms. The Balaban J connectivity index is 3.59. The summed E-state index contributed by atoms with van der Waals surface area (Å²) >= 11 is 0. The number of alkyl halides is 3. The second kappa shape index (κ2) is 6.66. The van der Waals surface area contributed by atoms with Crippen LogP contribution in [0.5, 0.6) is 0 Å². The fourth-order valence-corrected chi connectivity index (χ4v) is 1.08. The van der Waals surface area contributed by atoms with Gasteiger partial charge in [-0.1, -0.05) is 11.6 Å². The zero-order valence-corrected chi connectivity index (χ0v) is 8.84. The Morgan fingerprint density at radius 1 is 1.40 bits per heavy atom. The summed E-state index contributed by atoms with van der Waals surface area (Å²) in [5, 5.41) is 12.3. The van der Waals surface area contributed by atoms with Crippen molar-refractivity contribution in [1.82, 2.24) is 0 Å². The molecule has 0 aliphatic rings. The van der Waals surface area contributed by atoms with Crippen LogP contribution in [0.15, 0.2) is 5.16 Å². The van der Waals surface area contributed by atoms with Gasteiger partial charge in [-0.05, 0) is 26.2 Å². The van der Waals surface area contributed by atoms with E-state index < -0.39 is 12.3 Å². The first-order chi connectivity index (χ1) is 6.88.